The molecule has 2 aromatic carbocycles. The van der Waals surface area contributed by atoms with Crippen molar-refractivity contribution in [2.45, 2.75) is 19.4 Å². The first-order valence-electron chi connectivity index (χ1n) is 6.39. The molecule has 0 aliphatic rings. The predicted octanol–water partition coefficient (Wildman–Crippen LogP) is 3.92. The van der Waals surface area contributed by atoms with Gasteiger partial charge in [0, 0.05) is 11.6 Å². The highest BCUT2D eigenvalue weighted by atomic mass is 19.2. The second-order valence-corrected chi connectivity index (χ2v) is 4.80. The van der Waals surface area contributed by atoms with Crippen molar-refractivity contribution in [1.82, 2.24) is 5.32 Å². The van der Waals surface area contributed by atoms with Crippen molar-refractivity contribution in [3.8, 4) is 0 Å². The van der Waals surface area contributed by atoms with E-state index in [0.717, 1.165) is 17.2 Å². The molecule has 0 saturated heterocycles. The van der Waals surface area contributed by atoms with Crippen LogP contribution in [-0.4, -0.2) is 7.05 Å². The lowest BCUT2D eigenvalue weighted by Crippen LogP contribution is -2.21. The van der Waals surface area contributed by atoms with Crippen LogP contribution in [0.15, 0.2) is 36.4 Å². The zero-order chi connectivity index (χ0) is 14.7. The number of nitrogens with one attached hydrogen (secondary N) is 1. The standard InChI is InChI=1S/C16H16F3N/c1-10-3-5-11(6-4-10)9-14(20-2)12-7-8-13(17)16(19)15(12)18/h3-8,14,20H,9H2,1-2H3. The normalized spacial score (nSPS) is 12.4. The molecular formula is C16H16F3N. The molecule has 0 spiro atoms. The molecular weight excluding hydrogens is 263 g/mol. The second kappa shape index (κ2) is 6.09. The van der Waals surface area contributed by atoms with Gasteiger partial charge in [0.25, 0.3) is 0 Å². The van der Waals surface area contributed by atoms with Crippen molar-refractivity contribution in [3.05, 3.63) is 70.5 Å². The van der Waals surface area contributed by atoms with Crippen LogP contribution in [0.25, 0.3) is 0 Å². The van der Waals surface area contributed by atoms with Gasteiger partial charge in [0.2, 0.25) is 0 Å². The van der Waals surface area contributed by atoms with E-state index in [0.29, 0.717) is 6.42 Å². The zero-order valence-corrected chi connectivity index (χ0v) is 11.4. The Labute approximate surface area is 116 Å². The van der Waals surface area contributed by atoms with E-state index in [1.807, 2.05) is 31.2 Å². The first kappa shape index (κ1) is 14.6. The topological polar surface area (TPSA) is 12.0 Å². The average molecular weight is 279 g/mol. The summed E-state index contributed by atoms with van der Waals surface area (Å²) in [4.78, 5) is 0. The third-order valence-corrected chi connectivity index (χ3v) is 3.35. The number of hydrogen-bond donors (Lipinski definition) is 1. The summed E-state index contributed by atoms with van der Waals surface area (Å²) in [5, 5.41) is 2.94. The summed E-state index contributed by atoms with van der Waals surface area (Å²) < 4.78 is 40.1. The van der Waals surface area contributed by atoms with Gasteiger partial charge in [-0.15, -0.1) is 0 Å². The minimum absolute atomic E-state index is 0.131. The highest BCUT2D eigenvalue weighted by Crippen LogP contribution is 2.24. The lowest BCUT2D eigenvalue weighted by molar-refractivity contribution is 0.428. The highest BCUT2D eigenvalue weighted by molar-refractivity contribution is 5.28. The van der Waals surface area contributed by atoms with E-state index in [1.54, 1.807) is 7.05 Å². The lowest BCUT2D eigenvalue weighted by Gasteiger charge is -2.18. The molecule has 0 aromatic heterocycles. The fourth-order valence-corrected chi connectivity index (χ4v) is 2.14. The maximum absolute atomic E-state index is 13.8. The van der Waals surface area contributed by atoms with E-state index in [1.165, 1.54) is 6.07 Å². The van der Waals surface area contributed by atoms with Crippen LogP contribution in [0.4, 0.5) is 13.2 Å². The number of halogens is 3. The van der Waals surface area contributed by atoms with Crippen molar-refractivity contribution < 1.29 is 13.2 Å². The van der Waals surface area contributed by atoms with Crippen molar-refractivity contribution in [2.75, 3.05) is 7.05 Å². The van der Waals surface area contributed by atoms with Crippen LogP contribution >= 0.6 is 0 Å². The Bertz CT molecular complexity index is 593. The minimum Gasteiger partial charge on any atom is -0.313 e. The van der Waals surface area contributed by atoms with Gasteiger partial charge in [-0.25, -0.2) is 13.2 Å². The molecule has 0 fully saturated rings. The summed E-state index contributed by atoms with van der Waals surface area (Å²) in [6.45, 7) is 1.98. The molecule has 0 aliphatic heterocycles. The molecule has 0 aliphatic carbocycles. The SMILES string of the molecule is CNC(Cc1ccc(C)cc1)c1ccc(F)c(F)c1F. The molecule has 0 saturated carbocycles. The average Bonchev–Trinajstić information content (AvgIpc) is 2.45. The van der Waals surface area contributed by atoms with Gasteiger partial charge < -0.3 is 5.32 Å². The fourth-order valence-electron chi connectivity index (χ4n) is 2.14. The van der Waals surface area contributed by atoms with Gasteiger partial charge >= 0.3 is 0 Å². The summed E-state index contributed by atoms with van der Waals surface area (Å²) in [5.41, 5.74) is 2.26. The Morgan fingerprint density at radius 2 is 1.60 bits per heavy atom. The molecule has 0 amide bonds. The van der Waals surface area contributed by atoms with Crippen LogP contribution in [-0.2, 0) is 6.42 Å². The van der Waals surface area contributed by atoms with Crippen LogP contribution in [0.2, 0.25) is 0 Å². The zero-order valence-electron chi connectivity index (χ0n) is 11.4. The summed E-state index contributed by atoms with van der Waals surface area (Å²) in [5.74, 6) is -3.72. The molecule has 0 heterocycles. The molecule has 106 valence electrons. The summed E-state index contributed by atoms with van der Waals surface area (Å²) in [6, 6.07) is 9.63. The van der Waals surface area contributed by atoms with E-state index in [4.69, 9.17) is 0 Å². The van der Waals surface area contributed by atoms with Crippen LogP contribution in [0.5, 0.6) is 0 Å². The molecule has 4 heteroatoms. The lowest BCUT2D eigenvalue weighted by atomic mass is 9.97. The first-order valence-corrected chi connectivity index (χ1v) is 6.39. The summed E-state index contributed by atoms with van der Waals surface area (Å²) in [6.07, 6.45) is 0.499. The Morgan fingerprint density at radius 1 is 0.950 bits per heavy atom. The molecule has 2 aromatic rings. The van der Waals surface area contributed by atoms with Crippen LogP contribution in [0, 0.1) is 24.4 Å². The number of likely N-dealkylation sites (N-methyl/N-ethyl adjacent to an activating group) is 1. The minimum atomic E-state index is -1.42. The van der Waals surface area contributed by atoms with Crippen molar-refractivity contribution in [2.24, 2.45) is 0 Å². The molecule has 1 N–H and O–H groups in total. The van der Waals surface area contributed by atoms with Crippen LogP contribution < -0.4 is 5.32 Å². The van der Waals surface area contributed by atoms with Crippen molar-refractivity contribution >= 4 is 0 Å². The van der Waals surface area contributed by atoms with E-state index in [-0.39, 0.29) is 5.56 Å². The number of benzene rings is 2. The molecule has 0 bridgehead atoms. The summed E-state index contributed by atoms with van der Waals surface area (Å²) in [7, 11) is 1.67. The first-order chi connectivity index (χ1) is 9.52. The van der Waals surface area contributed by atoms with Gasteiger partial charge in [0.15, 0.2) is 17.5 Å². The van der Waals surface area contributed by atoms with E-state index < -0.39 is 23.5 Å². The number of rotatable bonds is 4. The Morgan fingerprint density at radius 3 is 2.20 bits per heavy atom. The fraction of sp³-hybridized carbons (Fsp3) is 0.250. The smallest absolute Gasteiger partial charge is 0.194 e. The Balaban J connectivity index is 2.29. The van der Waals surface area contributed by atoms with Gasteiger partial charge in [0.1, 0.15) is 0 Å². The van der Waals surface area contributed by atoms with Crippen molar-refractivity contribution in [3.63, 3.8) is 0 Å². The second-order valence-electron chi connectivity index (χ2n) is 4.80. The Hall–Kier alpha value is -1.81. The third kappa shape index (κ3) is 3.02. The number of aryl methyl sites for hydroxylation is 1. The molecule has 2 rings (SSSR count). The van der Waals surface area contributed by atoms with Crippen molar-refractivity contribution in [1.29, 1.82) is 0 Å². The summed E-state index contributed by atoms with van der Waals surface area (Å²) >= 11 is 0. The van der Waals surface area contributed by atoms with Gasteiger partial charge in [-0.05, 0) is 32.0 Å². The van der Waals surface area contributed by atoms with Gasteiger partial charge in [-0.2, -0.15) is 0 Å². The molecule has 1 unspecified atom stereocenters. The molecule has 1 nitrogen and oxygen atoms in total. The molecule has 20 heavy (non-hydrogen) atoms. The van der Waals surface area contributed by atoms with E-state index >= 15 is 0 Å². The van der Waals surface area contributed by atoms with Gasteiger partial charge in [-0.1, -0.05) is 35.9 Å². The maximum Gasteiger partial charge on any atom is 0.194 e. The molecule has 0 radical (unpaired) electrons. The quantitative estimate of drug-likeness (QED) is 0.837. The maximum atomic E-state index is 13.8. The number of hydrogen-bond acceptors (Lipinski definition) is 1. The highest BCUT2D eigenvalue weighted by Gasteiger charge is 2.20. The van der Waals surface area contributed by atoms with Gasteiger partial charge in [0.05, 0.1) is 0 Å². The monoisotopic (exact) mass is 279 g/mol. The predicted molar refractivity (Wildman–Crippen MR) is 73.0 cm³/mol. The van der Waals surface area contributed by atoms with Crippen LogP contribution in [0.1, 0.15) is 22.7 Å². The van der Waals surface area contributed by atoms with E-state index in [2.05, 4.69) is 5.32 Å². The molecule has 1 atom stereocenters. The third-order valence-electron chi connectivity index (χ3n) is 3.35. The van der Waals surface area contributed by atoms with Crippen LogP contribution in [0.3, 0.4) is 0 Å². The van der Waals surface area contributed by atoms with Gasteiger partial charge in [-0.3, -0.25) is 0 Å². The Kier molecular flexibility index (Phi) is 4.45. The largest absolute Gasteiger partial charge is 0.313 e. The van der Waals surface area contributed by atoms with E-state index in [9.17, 15) is 13.2 Å².